The van der Waals surface area contributed by atoms with Crippen LogP contribution in [-0.2, 0) is 5.41 Å². The van der Waals surface area contributed by atoms with E-state index in [2.05, 4.69) is 193 Å². The Morgan fingerprint density at radius 3 is 1.54 bits per heavy atom. The maximum atomic E-state index is 14.1. The maximum absolute atomic E-state index is 14.1. The highest BCUT2D eigenvalue weighted by atomic mass is 16.1. The van der Waals surface area contributed by atoms with Crippen molar-refractivity contribution in [1.82, 2.24) is 8.97 Å². The van der Waals surface area contributed by atoms with Crippen molar-refractivity contribution < 1.29 is 0 Å². The van der Waals surface area contributed by atoms with Crippen molar-refractivity contribution in [2.45, 2.75) is 5.41 Å². The van der Waals surface area contributed by atoms with Crippen molar-refractivity contribution >= 4 is 59.8 Å². The molecule has 0 unspecified atom stereocenters. The molecular weight excluding hydrogens is 717 g/mol. The molecule has 0 spiro atoms. The lowest BCUT2D eigenvalue weighted by atomic mass is 9.67. The minimum absolute atomic E-state index is 0.0260. The lowest BCUT2D eigenvalue weighted by Gasteiger charge is -2.34. The summed E-state index contributed by atoms with van der Waals surface area (Å²) in [6.45, 7) is 0. The number of benzene rings is 9. The topological polar surface area (TPSA) is 26.4 Å². The van der Waals surface area contributed by atoms with E-state index in [1.165, 1.54) is 55.2 Å². The summed E-state index contributed by atoms with van der Waals surface area (Å²) in [4.78, 5) is 14.1. The first-order chi connectivity index (χ1) is 29.2. The lowest BCUT2D eigenvalue weighted by molar-refractivity contribution is 0.768. The minimum Gasteiger partial charge on any atom is -0.309 e. The molecule has 0 atom stereocenters. The zero-order chi connectivity index (χ0) is 38.8. The van der Waals surface area contributed by atoms with E-state index in [9.17, 15) is 4.79 Å². The van der Waals surface area contributed by atoms with Crippen LogP contribution in [0.5, 0.6) is 0 Å². The number of hydrogen-bond acceptors (Lipinski definition) is 1. The van der Waals surface area contributed by atoms with Gasteiger partial charge in [0, 0.05) is 38.0 Å². The van der Waals surface area contributed by atoms with Crippen molar-refractivity contribution in [3.05, 3.63) is 239 Å². The van der Waals surface area contributed by atoms with Crippen molar-refractivity contribution in [3.8, 4) is 27.9 Å². The van der Waals surface area contributed by atoms with E-state index in [0.29, 0.717) is 0 Å². The van der Waals surface area contributed by atoms with Crippen LogP contribution < -0.4 is 5.56 Å². The largest absolute Gasteiger partial charge is 0.309 e. The predicted octanol–water partition coefficient (Wildman–Crippen LogP) is 13.3. The normalized spacial score (nSPS) is 13.3. The predicted molar refractivity (Wildman–Crippen MR) is 244 cm³/mol. The van der Waals surface area contributed by atoms with Crippen LogP contribution in [0.1, 0.15) is 22.3 Å². The van der Waals surface area contributed by atoms with E-state index in [-0.39, 0.29) is 5.56 Å². The standard InChI is InChI=1S/C56H34N2O/c59-55-47-21-8-7-18-40(47)45-22-13-23-46-48-32-35(27-31-53(48)58(55)54(45)46)36-26-29-41-42-30-28-39(57-51-24-11-9-19-43(51)44-20-10-12-25-52(44)57)34-50(42)56(49(41)33-36,37-14-3-1-4-15-37)38-16-5-2-6-17-38/h1-34H. The Morgan fingerprint density at radius 1 is 0.356 bits per heavy atom. The number of para-hydroxylation sites is 3. The van der Waals surface area contributed by atoms with Gasteiger partial charge in [-0.3, -0.25) is 9.20 Å². The van der Waals surface area contributed by atoms with Crippen LogP contribution in [0.3, 0.4) is 0 Å². The van der Waals surface area contributed by atoms with Gasteiger partial charge >= 0.3 is 0 Å². The van der Waals surface area contributed by atoms with Gasteiger partial charge < -0.3 is 4.57 Å². The Kier molecular flexibility index (Phi) is 6.52. The van der Waals surface area contributed by atoms with Crippen molar-refractivity contribution in [2.75, 3.05) is 0 Å². The third-order valence-electron chi connectivity index (χ3n) is 13.1. The summed E-state index contributed by atoms with van der Waals surface area (Å²) >= 11 is 0. The van der Waals surface area contributed by atoms with E-state index < -0.39 is 5.41 Å². The van der Waals surface area contributed by atoms with E-state index in [0.717, 1.165) is 54.8 Å². The van der Waals surface area contributed by atoms with Gasteiger partial charge in [0.05, 0.1) is 27.5 Å². The van der Waals surface area contributed by atoms with Crippen LogP contribution in [-0.4, -0.2) is 8.97 Å². The molecule has 3 heteroatoms. The monoisotopic (exact) mass is 750 g/mol. The van der Waals surface area contributed by atoms with Gasteiger partial charge in [0.25, 0.3) is 5.56 Å². The van der Waals surface area contributed by atoms with Gasteiger partial charge in [0.2, 0.25) is 0 Å². The minimum atomic E-state index is -0.593. The van der Waals surface area contributed by atoms with Crippen LogP contribution in [0.2, 0.25) is 0 Å². The highest BCUT2D eigenvalue weighted by molar-refractivity contribution is 6.20. The lowest BCUT2D eigenvalue weighted by Crippen LogP contribution is -2.28. The van der Waals surface area contributed by atoms with Gasteiger partial charge in [-0.05, 0) is 98.4 Å². The van der Waals surface area contributed by atoms with Crippen LogP contribution in [0.15, 0.2) is 211 Å². The van der Waals surface area contributed by atoms with Crippen LogP contribution in [0.25, 0.3) is 87.7 Å². The molecule has 59 heavy (non-hydrogen) atoms. The smallest absolute Gasteiger partial charge is 0.263 e. The van der Waals surface area contributed by atoms with Crippen LogP contribution >= 0.6 is 0 Å². The summed E-state index contributed by atoms with van der Waals surface area (Å²) in [5.74, 6) is 0. The van der Waals surface area contributed by atoms with Crippen LogP contribution in [0.4, 0.5) is 0 Å². The Morgan fingerprint density at radius 2 is 0.864 bits per heavy atom. The maximum Gasteiger partial charge on any atom is 0.263 e. The fraction of sp³-hybridized carbons (Fsp3) is 0.0179. The number of fused-ring (bicyclic) bond motifs is 11. The second-order valence-electron chi connectivity index (χ2n) is 16.0. The van der Waals surface area contributed by atoms with Gasteiger partial charge in [0.1, 0.15) is 0 Å². The average Bonchev–Trinajstić information content (AvgIpc) is 3.93. The third kappa shape index (κ3) is 4.23. The number of pyridine rings is 1. The van der Waals surface area contributed by atoms with Crippen molar-refractivity contribution in [3.63, 3.8) is 0 Å². The first kappa shape index (κ1) is 32.3. The second kappa shape index (κ2) is 11.9. The van der Waals surface area contributed by atoms with E-state index in [1.807, 2.05) is 22.6 Å². The van der Waals surface area contributed by atoms with Gasteiger partial charge in [0.15, 0.2) is 0 Å². The van der Waals surface area contributed by atoms with Gasteiger partial charge in [-0.1, -0.05) is 158 Å². The summed E-state index contributed by atoms with van der Waals surface area (Å²) in [6, 6.07) is 74.7. The van der Waals surface area contributed by atoms with Crippen molar-refractivity contribution in [2.24, 2.45) is 0 Å². The molecule has 13 rings (SSSR count). The zero-order valence-corrected chi connectivity index (χ0v) is 31.9. The molecule has 274 valence electrons. The van der Waals surface area contributed by atoms with E-state index in [4.69, 9.17) is 0 Å². The first-order valence-corrected chi connectivity index (χ1v) is 20.3. The summed E-state index contributed by atoms with van der Waals surface area (Å²) in [6.07, 6.45) is 0. The molecule has 3 aromatic heterocycles. The van der Waals surface area contributed by atoms with Crippen molar-refractivity contribution in [1.29, 1.82) is 0 Å². The fourth-order valence-corrected chi connectivity index (χ4v) is 10.7. The molecule has 0 amide bonds. The average molecular weight is 751 g/mol. The van der Waals surface area contributed by atoms with E-state index >= 15 is 0 Å². The molecular formula is C56H34N2O. The highest BCUT2D eigenvalue weighted by Gasteiger charge is 2.46. The fourth-order valence-electron chi connectivity index (χ4n) is 10.7. The Bertz CT molecular complexity index is 3650. The molecule has 3 heterocycles. The van der Waals surface area contributed by atoms with E-state index in [1.54, 1.807) is 0 Å². The SMILES string of the molecule is O=c1c2ccccc2c2cccc3c4cc(-c5ccc6c(c5)C(c5ccccc5)(c5ccccc5)c5cc(-n7c8ccccc8c8ccccc87)ccc5-6)ccc4n1c23. The van der Waals surface area contributed by atoms with Crippen LogP contribution in [0, 0.1) is 0 Å². The molecule has 1 aliphatic rings. The Labute approximate surface area is 339 Å². The molecule has 0 radical (unpaired) electrons. The number of rotatable bonds is 4. The summed E-state index contributed by atoms with van der Waals surface area (Å²) < 4.78 is 4.35. The molecule has 0 bridgehead atoms. The Hall–Kier alpha value is -7.75. The molecule has 0 saturated heterocycles. The molecule has 0 aliphatic heterocycles. The molecule has 12 aromatic rings. The third-order valence-corrected chi connectivity index (χ3v) is 13.1. The molecule has 0 fully saturated rings. The quantitative estimate of drug-likeness (QED) is 0.165. The Balaban J connectivity index is 1.08. The highest BCUT2D eigenvalue weighted by Crippen LogP contribution is 2.57. The first-order valence-electron chi connectivity index (χ1n) is 20.3. The molecule has 0 N–H and O–H groups in total. The van der Waals surface area contributed by atoms with Gasteiger partial charge in [-0.15, -0.1) is 0 Å². The number of nitrogens with zero attached hydrogens (tertiary/aromatic N) is 2. The number of hydrogen-bond donors (Lipinski definition) is 0. The molecule has 1 aliphatic carbocycles. The number of aromatic nitrogens is 2. The van der Waals surface area contributed by atoms with Gasteiger partial charge in [-0.25, -0.2) is 0 Å². The zero-order valence-electron chi connectivity index (χ0n) is 31.9. The van der Waals surface area contributed by atoms with Gasteiger partial charge in [-0.2, -0.15) is 0 Å². The summed E-state index contributed by atoms with van der Waals surface area (Å²) in [7, 11) is 0. The molecule has 0 saturated carbocycles. The molecule has 3 nitrogen and oxygen atoms in total. The second-order valence-corrected chi connectivity index (χ2v) is 16.0. The molecule has 9 aromatic carbocycles. The summed E-state index contributed by atoms with van der Waals surface area (Å²) in [5.41, 5.74) is 14.6. The summed E-state index contributed by atoms with van der Waals surface area (Å²) in [5, 5.41) is 7.51.